The third-order valence-corrected chi connectivity index (χ3v) is 4.98. The van der Waals surface area contributed by atoms with Gasteiger partial charge in [-0.1, -0.05) is 18.2 Å². The third-order valence-electron chi connectivity index (χ3n) is 3.24. The molecular weight excluding hydrogens is 338 g/mol. The first kappa shape index (κ1) is 17.5. The molecule has 0 saturated heterocycles. The number of aromatic nitrogens is 2. The summed E-state index contributed by atoms with van der Waals surface area (Å²) >= 11 is 0. The molecule has 0 aliphatic carbocycles. The Kier molecular flexibility index (Phi) is 4.88. The number of aromatic amines is 1. The first-order chi connectivity index (χ1) is 11.3. The molecule has 0 aliphatic heterocycles. The number of hydrogen-bond donors (Lipinski definition) is 1. The lowest BCUT2D eigenvalue weighted by Crippen LogP contribution is -2.28. The Labute approximate surface area is 138 Å². The van der Waals surface area contributed by atoms with E-state index in [1.807, 2.05) is 0 Å². The highest BCUT2D eigenvalue weighted by molar-refractivity contribution is 7.92. The normalized spacial score (nSPS) is 11.0. The van der Waals surface area contributed by atoms with E-state index >= 15 is 0 Å². The number of rotatable bonds is 5. The van der Waals surface area contributed by atoms with E-state index in [1.54, 1.807) is 30.3 Å². The van der Waals surface area contributed by atoms with Crippen molar-refractivity contribution in [3.05, 3.63) is 41.6 Å². The van der Waals surface area contributed by atoms with Gasteiger partial charge in [0.05, 0.1) is 19.9 Å². The van der Waals surface area contributed by atoms with E-state index in [1.165, 1.54) is 7.05 Å². The van der Waals surface area contributed by atoms with Crippen LogP contribution in [0.3, 0.4) is 0 Å². The summed E-state index contributed by atoms with van der Waals surface area (Å²) in [6.45, 7) is 0. The van der Waals surface area contributed by atoms with Gasteiger partial charge in [0, 0.05) is 7.05 Å². The van der Waals surface area contributed by atoms with Crippen LogP contribution in [0.15, 0.2) is 35.4 Å². The molecule has 0 spiro atoms. The summed E-state index contributed by atoms with van der Waals surface area (Å²) in [5, 5.41) is 5.25. The molecule has 1 heterocycles. The molecule has 10 heteroatoms. The topological polar surface area (TPSA) is 119 Å². The van der Waals surface area contributed by atoms with Crippen molar-refractivity contribution in [2.24, 2.45) is 0 Å². The first-order valence-electron chi connectivity index (χ1n) is 6.63. The highest BCUT2D eigenvalue weighted by Crippen LogP contribution is 2.25. The molecule has 24 heavy (non-hydrogen) atoms. The van der Waals surface area contributed by atoms with E-state index in [0.717, 1.165) is 18.5 Å². The summed E-state index contributed by atoms with van der Waals surface area (Å²) in [5.74, 6) is -1.99. The molecule has 128 valence electrons. The van der Waals surface area contributed by atoms with Gasteiger partial charge in [0.25, 0.3) is 10.0 Å². The monoisotopic (exact) mass is 353 g/mol. The van der Waals surface area contributed by atoms with Crippen LogP contribution < -0.4 is 4.31 Å². The molecule has 2 rings (SSSR count). The Morgan fingerprint density at radius 3 is 2.21 bits per heavy atom. The Bertz CT molecular complexity index is 860. The number of methoxy groups -OCH3 is 2. The molecule has 9 nitrogen and oxygen atoms in total. The number of carbonyl (C=O) groups excluding carboxylic acids is 2. The molecule has 0 bridgehead atoms. The smallest absolute Gasteiger partial charge is 0.359 e. The number of H-pyrrole nitrogens is 1. The van der Waals surface area contributed by atoms with Crippen LogP contribution in [-0.4, -0.2) is 51.8 Å². The van der Waals surface area contributed by atoms with E-state index in [2.05, 4.69) is 19.7 Å². The molecule has 0 fully saturated rings. The van der Waals surface area contributed by atoms with Crippen LogP contribution in [0.2, 0.25) is 0 Å². The fourth-order valence-electron chi connectivity index (χ4n) is 1.96. The molecule has 0 aliphatic rings. The van der Waals surface area contributed by atoms with Crippen LogP contribution >= 0.6 is 0 Å². The van der Waals surface area contributed by atoms with Crippen molar-refractivity contribution < 1.29 is 27.5 Å². The second-order valence-corrected chi connectivity index (χ2v) is 6.47. The summed E-state index contributed by atoms with van der Waals surface area (Å²) in [7, 11) is -0.733. The minimum atomic E-state index is -4.19. The Morgan fingerprint density at radius 2 is 1.67 bits per heavy atom. The lowest BCUT2D eigenvalue weighted by Gasteiger charge is -2.18. The highest BCUT2D eigenvalue weighted by atomic mass is 32.2. The van der Waals surface area contributed by atoms with E-state index in [9.17, 15) is 18.0 Å². The number of anilines is 1. The Morgan fingerprint density at radius 1 is 1.08 bits per heavy atom. The van der Waals surface area contributed by atoms with Crippen molar-refractivity contribution in [2.75, 3.05) is 25.6 Å². The maximum absolute atomic E-state index is 12.8. The van der Waals surface area contributed by atoms with Crippen molar-refractivity contribution in [3.63, 3.8) is 0 Å². The zero-order valence-corrected chi connectivity index (χ0v) is 14.0. The van der Waals surface area contributed by atoms with Gasteiger partial charge in [0.2, 0.25) is 0 Å². The molecule has 0 amide bonds. The first-order valence-corrected chi connectivity index (χ1v) is 8.07. The number of sulfonamides is 1. The quantitative estimate of drug-likeness (QED) is 0.790. The minimum absolute atomic E-state index is 0.363. The van der Waals surface area contributed by atoms with Crippen LogP contribution in [0.5, 0.6) is 0 Å². The summed E-state index contributed by atoms with van der Waals surface area (Å²) < 4.78 is 35.6. The van der Waals surface area contributed by atoms with Gasteiger partial charge in [-0.05, 0) is 12.1 Å². The van der Waals surface area contributed by atoms with Crippen LogP contribution in [0.4, 0.5) is 5.69 Å². The number of nitrogens with one attached hydrogen (secondary N) is 1. The fraction of sp³-hybridized carbons (Fsp3) is 0.214. The maximum Gasteiger partial charge on any atom is 0.359 e. The molecule has 1 N–H and O–H groups in total. The van der Waals surface area contributed by atoms with Crippen LogP contribution in [0.25, 0.3) is 0 Å². The fourth-order valence-corrected chi connectivity index (χ4v) is 3.23. The lowest BCUT2D eigenvalue weighted by atomic mass is 10.2. The predicted octanol–water partition coefficient (Wildman–Crippen LogP) is 0.808. The molecule has 2 aromatic rings. The largest absolute Gasteiger partial charge is 0.465 e. The maximum atomic E-state index is 12.8. The molecule has 0 saturated carbocycles. The predicted molar refractivity (Wildman–Crippen MR) is 83.3 cm³/mol. The average molecular weight is 353 g/mol. The van der Waals surface area contributed by atoms with Crippen LogP contribution in [-0.2, 0) is 19.5 Å². The van der Waals surface area contributed by atoms with E-state index in [0.29, 0.717) is 5.69 Å². The van der Waals surface area contributed by atoms with E-state index in [4.69, 9.17) is 0 Å². The Balaban J connectivity index is 2.61. The van der Waals surface area contributed by atoms with Gasteiger partial charge in [0.15, 0.2) is 10.7 Å². The third kappa shape index (κ3) is 2.95. The number of benzene rings is 1. The van der Waals surface area contributed by atoms with Crippen LogP contribution in [0, 0.1) is 0 Å². The molecule has 0 radical (unpaired) electrons. The molecule has 0 atom stereocenters. The van der Waals surface area contributed by atoms with E-state index < -0.39 is 38.2 Å². The van der Waals surface area contributed by atoms with E-state index in [-0.39, 0.29) is 0 Å². The number of ether oxygens (including phenoxy) is 2. The molecule has 1 aromatic carbocycles. The van der Waals surface area contributed by atoms with Crippen molar-refractivity contribution in [3.8, 4) is 0 Å². The highest BCUT2D eigenvalue weighted by Gasteiger charge is 2.35. The van der Waals surface area contributed by atoms with Crippen molar-refractivity contribution in [1.82, 2.24) is 10.2 Å². The number of hydrogen-bond acceptors (Lipinski definition) is 7. The van der Waals surface area contributed by atoms with Crippen molar-refractivity contribution >= 4 is 27.6 Å². The summed E-state index contributed by atoms with van der Waals surface area (Å²) in [4.78, 5) is 23.7. The number of esters is 2. The van der Waals surface area contributed by atoms with Gasteiger partial charge < -0.3 is 9.47 Å². The average Bonchev–Trinajstić information content (AvgIpc) is 3.06. The van der Waals surface area contributed by atoms with Gasteiger partial charge in [0.1, 0.15) is 5.56 Å². The molecule has 0 unspecified atom stereocenters. The minimum Gasteiger partial charge on any atom is -0.465 e. The van der Waals surface area contributed by atoms with Crippen LogP contribution in [0.1, 0.15) is 20.8 Å². The standard InChI is InChI=1S/C14H15N3O6S/c1-17(9-7-5-4-6-8-9)24(20,21)12-10(13(18)22-2)11(15-16-12)14(19)23-3/h4-8H,1-3H3,(H,15,16). The van der Waals surface area contributed by atoms with Gasteiger partial charge >= 0.3 is 11.9 Å². The molecular formula is C14H15N3O6S. The zero-order chi connectivity index (χ0) is 17.9. The molecule has 1 aromatic heterocycles. The van der Waals surface area contributed by atoms with Gasteiger partial charge in [-0.25, -0.2) is 9.59 Å². The number of carbonyl (C=O) groups is 2. The number of nitrogens with zero attached hydrogens (tertiary/aromatic N) is 2. The second kappa shape index (κ2) is 6.71. The van der Waals surface area contributed by atoms with Gasteiger partial charge in [-0.3, -0.25) is 9.40 Å². The van der Waals surface area contributed by atoms with Gasteiger partial charge in [-0.2, -0.15) is 13.5 Å². The Hall–Kier alpha value is -2.88. The lowest BCUT2D eigenvalue weighted by molar-refractivity contribution is 0.0549. The summed E-state index contributed by atoms with van der Waals surface area (Å²) in [6.07, 6.45) is 0. The number of para-hydroxylation sites is 1. The van der Waals surface area contributed by atoms with Crippen molar-refractivity contribution in [1.29, 1.82) is 0 Å². The van der Waals surface area contributed by atoms with Gasteiger partial charge in [-0.15, -0.1) is 0 Å². The van der Waals surface area contributed by atoms with Crippen molar-refractivity contribution in [2.45, 2.75) is 5.03 Å². The zero-order valence-electron chi connectivity index (χ0n) is 13.1. The SMILES string of the molecule is COC(=O)c1n[nH]c(S(=O)(=O)N(C)c2ccccc2)c1C(=O)OC. The second-order valence-electron chi connectivity index (χ2n) is 4.57. The summed E-state index contributed by atoms with van der Waals surface area (Å²) in [6, 6.07) is 8.21. The summed E-state index contributed by atoms with van der Waals surface area (Å²) in [5.41, 5.74) is -0.612.